The van der Waals surface area contributed by atoms with Crippen LogP contribution in [0.25, 0.3) is 0 Å². The summed E-state index contributed by atoms with van der Waals surface area (Å²) in [5, 5.41) is 3.31. The summed E-state index contributed by atoms with van der Waals surface area (Å²) in [6.45, 7) is 0.882. The molecule has 0 amide bonds. The predicted octanol–water partition coefficient (Wildman–Crippen LogP) is -0.697. The summed E-state index contributed by atoms with van der Waals surface area (Å²) < 4.78 is 0. The maximum Gasteiger partial charge on any atom is 0.214 e. The molecule has 0 unspecified atom stereocenters. The van der Waals surface area contributed by atoms with Crippen LogP contribution in [0.4, 0.5) is 0 Å². The molecule has 0 saturated carbocycles. The van der Waals surface area contributed by atoms with Crippen LogP contribution in [-0.2, 0) is 0 Å². The lowest BCUT2D eigenvalue weighted by Crippen LogP contribution is -2.75. The second kappa shape index (κ2) is 2.29. The van der Waals surface area contributed by atoms with Gasteiger partial charge in [0, 0.05) is 5.70 Å². The minimum atomic E-state index is 0.882. The van der Waals surface area contributed by atoms with E-state index < -0.39 is 0 Å². The van der Waals surface area contributed by atoms with Crippen LogP contribution in [0.5, 0.6) is 0 Å². The molecule has 0 spiro atoms. The first-order chi connectivity index (χ1) is 4.97. The molecule has 2 nitrogen and oxygen atoms in total. The minimum absolute atomic E-state index is 0.882. The lowest BCUT2D eigenvalue weighted by atomic mass is 10.0. The summed E-state index contributed by atoms with van der Waals surface area (Å²) >= 11 is 0. The van der Waals surface area contributed by atoms with Gasteiger partial charge in [-0.1, -0.05) is 12.2 Å². The molecule has 1 aliphatic carbocycles. The van der Waals surface area contributed by atoms with Crippen molar-refractivity contribution in [1.82, 2.24) is 5.32 Å². The van der Waals surface area contributed by atoms with Crippen LogP contribution in [0, 0.1) is 0 Å². The quantitative estimate of drug-likeness (QED) is 0.451. The van der Waals surface area contributed by atoms with E-state index in [0.29, 0.717) is 0 Å². The van der Waals surface area contributed by atoms with E-state index in [-0.39, 0.29) is 0 Å². The van der Waals surface area contributed by atoms with Gasteiger partial charge in [0.25, 0.3) is 0 Å². The SMILES string of the molecule is C1=CC2=C(CC1)NC[NH+]=C2. The van der Waals surface area contributed by atoms with Gasteiger partial charge in [0.1, 0.15) is 0 Å². The first-order valence-electron chi connectivity index (χ1n) is 3.67. The van der Waals surface area contributed by atoms with Gasteiger partial charge in [-0.15, -0.1) is 0 Å². The predicted molar refractivity (Wildman–Crippen MR) is 40.4 cm³/mol. The highest BCUT2D eigenvalue weighted by Crippen LogP contribution is 2.14. The van der Waals surface area contributed by atoms with E-state index >= 15 is 0 Å². The third kappa shape index (κ3) is 0.856. The average molecular weight is 135 g/mol. The van der Waals surface area contributed by atoms with Gasteiger partial charge in [-0.2, -0.15) is 0 Å². The molecule has 1 aliphatic heterocycles. The third-order valence-corrected chi connectivity index (χ3v) is 1.87. The summed E-state index contributed by atoms with van der Waals surface area (Å²) in [5.74, 6) is 0. The minimum Gasteiger partial charge on any atom is -0.334 e. The molecule has 2 rings (SSSR count). The first kappa shape index (κ1) is 5.71. The highest BCUT2D eigenvalue weighted by molar-refractivity contribution is 5.79. The van der Waals surface area contributed by atoms with E-state index in [2.05, 4.69) is 28.7 Å². The van der Waals surface area contributed by atoms with E-state index in [9.17, 15) is 0 Å². The van der Waals surface area contributed by atoms with Crippen molar-refractivity contribution in [2.24, 2.45) is 0 Å². The zero-order chi connectivity index (χ0) is 6.81. The molecule has 2 N–H and O–H groups in total. The Hall–Kier alpha value is -1.05. The Morgan fingerprint density at radius 1 is 1.50 bits per heavy atom. The fraction of sp³-hybridized carbons (Fsp3) is 0.375. The Labute approximate surface area is 60.3 Å². The Morgan fingerprint density at radius 2 is 2.50 bits per heavy atom. The molecular weight excluding hydrogens is 124 g/mol. The molecule has 0 aromatic rings. The summed E-state index contributed by atoms with van der Waals surface area (Å²) in [5.41, 5.74) is 2.71. The molecule has 10 heavy (non-hydrogen) atoms. The van der Waals surface area contributed by atoms with Crippen LogP contribution in [-0.4, -0.2) is 12.9 Å². The van der Waals surface area contributed by atoms with Gasteiger partial charge < -0.3 is 5.32 Å². The molecule has 0 atom stereocenters. The maximum atomic E-state index is 3.31. The third-order valence-electron chi connectivity index (χ3n) is 1.87. The van der Waals surface area contributed by atoms with Crippen molar-refractivity contribution in [3.63, 3.8) is 0 Å². The van der Waals surface area contributed by atoms with Crippen molar-refractivity contribution >= 4 is 6.21 Å². The van der Waals surface area contributed by atoms with Gasteiger partial charge in [-0.05, 0) is 12.8 Å². The Morgan fingerprint density at radius 3 is 3.40 bits per heavy atom. The Kier molecular flexibility index (Phi) is 1.31. The fourth-order valence-corrected chi connectivity index (χ4v) is 1.33. The van der Waals surface area contributed by atoms with Gasteiger partial charge in [-0.25, -0.2) is 4.99 Å². The van der Waals surface area contributed by atoms with Crippen molar-refractivity contribution in [2.75, 3.05) is 6.67 Å². The molecule has 0 radical (unpaired) electrons. The van der Waals surface area contributed by atoms with Crippen LogP contribution in [0.2, 0.25) is 0 Å². The molecule has 0 fully saturated rings. The van der Waals surface area contributed by atoms with Crippen molar-refractivity contribution in [2.45, 2.75) is 12.8 Å². The van der Waals surface area contributed by atoms with Gasteiger partial charge in [0.15, 0.2) is 6.21 Å². The maximum absolute atomic E-state index is 3.31. The van der Waals surface area contributed by atoms with Gasteiger partial charge in [0.2, 0.25) is 6.67 Å². The van der Waals surface area contributed by atoms with Crippen LogP contribution in [0.3, 0.4) is 0 Å². The van der Waals surface area contributed by atoms with E-state index in [0.717, 1.165) is 6.67 Å². The molecule has 2 heteroatoms. The molecular formula is C8H11N2+. The van der Waals surface area contributed by atoms with Crippen molar-refractivity contribution < 1.29 is 4.99 Å². The monoisotopic (exact) mass is 135 g/mol. The number of hydrogen-bond donors (Lipinski definition) is 2. The zero-order valence-electron chi connectivity index (χ0n) is 5.85. The van der Waals surface area contributed by atoms with Crippen LogP contribution >= 0.6 is 0 Å². The summed E-state index contributed by atoms with van der Waals surface area (Å²) in [7, 11) is 0. The lowest BCUT2D eigenvalue weighted by Gasteiger charge is -2.14. The van der Waals surface area contributed by atoms with Crippen molar-refractivity contribution in [3.05, 3.63) is 23.4 Å². The zero-order valence-corrected chi connectivity index (χ0v) is 5.85. The first-order valence-corrected chi connectivity index (χ1v) is 3.67. The smallest absolute Gasteiger partial charge is 0.214 e. The lowest BCUT2D eigenvalue weighted by molar-refractivity contribution is -0.458. The van der Waals surface area contributed by atoms with Gasteiger partial charge >= 0.3 is 0 Å². The number of rotatable bonds is 0. The molecule has 2 aliphatic rings. The van der Waals surface area contributed by atoms with Crippen molar-refractivity contribution in [1.29, 1.82) is 0 Å². The van der Waals surface area contributed by atoms with Gasteiger partial charge in [-0.3, -0.25) is 0 Å². The molecule has 0 bridgehead atoms. The summed E-state index contributed by atoms with van der Waals surface area (Å²) in [6, 6.07) is 0. The second-order valence-electron chi connectivity index (χ2n) is 2.58. The Balaban J connectivity index is 2.32. The molecule has 1 heterocycles. The number of allylic oxidation sites excluding steroid dienone is 4. The van der Waals surface area contributed by atoms with E-state index in [1.807, 2.05) is 0 Å². The van der Waals surface area contributed by atoms with E-state index in [1.165, 1.54) is 24.1 Å². The standard InChI is InChI=1S/C8H10N2/c1-2-4-8-7(3-1)5-9-6-10-8/h1,3,5,10H,2,4,6H2/p+1. The van der Waals surface area contributed by atoms with Crippen LogP contribution in [0.15, 0.2) is 23.4 Å². The summed E-state index contributed by atoms with van der Waals surface area (Å²) in [6.07, 6.45) is 8.80. The molecule has 52 valence electrons. The molecule has 0 aromatic heterocycles. The number of nitrogens with one attached hydrogen (secondary N) is 2. The topological polar surface area (TPSA) is 26.0 Å². The highest BCUT2D eigenvalue weighted by Gasteiger charge is 2.11. The van der Waals surface area contributed by atoms with E-state index in [1.54, 1.807) is 0 Å². The summed E-state index contributed by atoms with van der Waals surface area (Å²) in [4.78, 5) is 3.14. The molecule has 0 saturated heterocycles. The number of hydrogen-bond acceptors (Lipinski definition) is 1. The van der Waals surface area contributed by atoms with Crippen LogP contribution < -0.4 is 10.3 Å². The van der Waals surface area contributed by atoms with Crippen LogP contribution in [0.1, 0.15) is 12.8 Å². The van der Waals surface area contributed by atoms with Gasteiger partial charge in [0.05, 0.1) is 5.57 Å². The second-order valence-corrected chi connectivity index (χ2v) is 2.58. The molecule has 0 aromatic carbocycles. The van der Waals surface area contributed by atoms with Crippen molar-refractivity contribution in [3.8, 4) is 0 Å². The normalized spacial score (nSPS) is 22.4. The fourth-order valence-electron chi connectivity index (χ4n) is 1.33. The van der Waals surface area contributed by atoms with E-state index in [4.69, 9.17) is 0 Å². The Bertz CT molecular complexity index is 201. The highest BCUT2D eigenvalue weighted by atomic mass is 15.0. The largest absolute Gasteiger partial charge is 0.334 e. The average Bonchev–Trinajstić information content (AvgIpc) is 2.05.